The van der Waals surface area contributed by atoms with E-state index in [0.717, 1.165) is 4.90 Å². The number of carbonyl (C=O) groups excluding carboxylic acids is 1. The zero-order chi connectivity index (χ0) is 14.2. The van der Waals surface area contributed by atoms with Gasteiger partial charge in [-0.25, -0.2) is 4.98 Å². The fraction of sp³-hybridized carbons (Fsp3) is 0.300. The first-order chi connectivity index (χ1) is 8.82. The van der Waals surface area contributed by atoms with Crippen LogP contribution in [-0.2, 0) is 15.0 Å². The zero-order valence-corrected chi connectivity index (χ0v) is 11.8. The standard InChI is InChI=1S/C10H7BrFN3O3S/c11-7-1-6(3-13)10(14-4-7)15-5-8(2-9(15)16)19(12,17)18/h1,4,8H,2,5H2. The fourth-order valence-corrected chi connectivity index (χ4v) is 2.80. The lowest BCUT2D eigenvalue weighted by molar-refractivity contribution is -0.117. The summed E-state index contributed by atoms with van der Waals surface area (Å²) in [5.74, 6) is -0.528. The number of pyridine rings is 1. The van der Waals surface area contributed by atoms with Crippen LogP contribution in [0.3, 0.4) is 0 Å². The summed E-state index contributed by atoms with van der Waals surface area (Å²) in [6.45, 7) is -0.332. The lowest BCUT2D eigenvalue weighted by atomic mass is 10.2. The SMILES string of the molecule is N#Cc1cc(Br)cnc1N1CC(S(=O)(=O)F)CC1=O. The molecule has 0 N–H and O–H groups in total. The molecule has 100 valence electrons. The molecular weight excluding hydrogens is 341 g/mol. The summed E-state index contributed by atoms with van der Waals surface area (Å²) in [6.07, 6.45) is 0.933. The van der Waals surface area contributed by atoms with Crippen LogP contribution in [0.15, 0.2) is 16.7 Å². The third-order valence-electron chi connectivity index (χ3n) is 2.70. The number of rotatable bonds is 2. The molecule has 0 bridgehead atoms. The minimum atomic E-state index is -4.79. The Morgan fingerprint density at radius 1 is 1.58 bits per heavy atom. The maximum atomic E-state index is 12.9. The highest BCUT2D eigenvalue weighted by Gasteiger charge is 2.40. The highest BCUT2D eigenvalue weighted by Crippen LogP contribution is 2.28. The summed E-state index contributed by atoms with van der Waals surface area (Å²) in [4.78, 5) is 16.7. The molecule has 9 heteroatoms. The third-order valence-corrected chi connectivity index (χ3v) is 4.24. The number of nitriles is 1. The summed E-state index contributed by atoms with van der Waals surface area (Å²) in [7, 11) is -4.79. The highest BCUT2D eigenvalue weighted by atomic mass is 79.9. The van der Waals surface area contributed by atoms with E-state index >= 15 is 0 Å². The molecule has 1 aromatic rings. The summed E-state index contributed by atoms with van der Waals surface area (Å²) >= 11 is 3.13. The molecule has 0 radical (unpaired) electrons. The normalized spacial score (nSPS) is 19.5. The van der Waals surface area contributed by atoms with Crippen molar-refractivity contribution < 1.29 is 17.1 Å². The van der Waals surface area contributed by atoms with Crippen LogP contribution in [0.4, 0.5) is 9.70 Å². The Bertz CT molecular complexity index is 686. The van der Waals surface area contributed by atoms with Gasteiger partial charge in [0.15, 0.2) is 5.82 Å². The summed E-state index contributed by atoms with van der Waals surface area (Å²) in [5.41, 5.74) is 0.111. The zero-order valence-electron chi connectivity index (χ0n) is 9.38. The molecule has 1 aliphatic heterocycles. The molecule has 1 saturated heterocycles. The van der Waals surface area contributed by atoms with Gasteiger partial charge in [0, 0.05) is 23.6 Å². The van der Waals surface area contributed by atoms with Crippen LogP contribution < -0.4 is 4.90 Å². The third kappa shape index (κ3) is 2.74. The summed E-state index contributed by atoms with van der Waals surface area (Å²) in [5, 5.41) is 7.57. The Morgan fingerprint density at radius 3 is 2.79 bits per heavy atom. The predicted molar refractivity (Wildman–Crippen MR) is 67.4 cm³/mol. The van der Waals surface area contributed by atoms with E-state index < -0.39 is 27.8 Å². The average molecular weight is 348 g/mol. The number of anilines is 1. The molecule has 2 rings (SSSR count). The Hall–Kier alpha value is -1.53. The average Bonchev–Trinajstić information content (AvgIpc) is 2.71. The van der Waals surface area contributed by atoms with Gasteiger partial charge in [-0.15, -0.1) is 3.89 Å². The Morgan fingerprint density at radius 2 is 2.26 bits per heavy atom. The molecule has 6 nitrogen and oxygen atoms in total. The van der Waals surface area contributed by atoms with Crippen molar-refractivity contribution in [2.75, 3.05) is 11.4 Å². The van der Waals surface area contributed by atoms with Crippen molar-refractivity contribution in [3.63, 3.8) is 0 Å². The van der Waals surface area contributed by atoms with Gasteiger partial charge in [0.25, 0.3) is 0 Å². The Balaban J connectivity index is 2.39. The van der Waals surface area contributed by atoms with Gasteiger partial charge in [0.1, 0.15) is 11.3 Å². The molecule has 1 unspecified atom stereocenters. The molecule has 2 heterocycles. The monoisotopic (exact) mass is 347 g/mol. The highest BCUT2D eigenvalue weighted by molar-refractivity contribution is 9.10. The second kappa shape index (κ2) is 4.86. The van der Waals surface area contributed by atoms with Gasteiger partial charge in [0.05, 0.1) is 5.56 Å². The summed E-state index contributed by atoms with van der Waals surface area (Å²) < 4.78 is 35.1. The predicted octanol–water partition coefficient (Wildman–Crippen LogP) is 1.12. The van der Waals surface area contributed by atoms with Crippen LogP contribution in [-0.4, -0.2) is 31.1 Å². The van der Waals surface area contributed by atoms with Crippen LogP contribution >= 0.6 is 15.9 Å². The van der Waals surface area contributed by atoms with Crippen LogP contribution in [0.25, 0.3) is 0 Å². The van der Waals surface area contributed by atoms with Gasteiger partial charge < -0.3 is 0 Å². The number of nitrogens with zero attached hydrogens (tertiary/aromatic N) is 3. The molecule has 0 aliphatic carbocycles. The molecule has 19 heavy (non-hydrogen) atoms. The van der Waals surface area contributed by atoms with Crippen molar-refractivity contribution in [1.29, 1.82) is 5.26 Å². The van der Waals surface area contributed by atoms with Gasteiger partial charge in [-0.3, -0.25) is 9.69 Å². The van der Waals surface area contributed by atoms with E-state index in [2.05, 4.69) is 20.9 Å². The van der Waals surface area contributed by atoms with E-state index in [1.165, 1.54) is 12.3 Å². The van der Waals surface area contributed by atoms with Crippen LogP contribution in [0.5, 0.6) is 0 Å². The lowest BCUT2D eigenvalue weighted by Crippen LogP contribution is -2.28. The molecule has 0 aromatic carbocycles. The smallest absolute Gasteiger partial charge is 0.294 e. The van der Waals surface area contributed by atoms with Crippen molar-refractivity contribution in [2.24, 2.45) is 0 Å². The van der Waals surface area contributed by atoms with Crippen molar-refractivity contribution in [3.8, 4) is 6.07 Å². The second-order valence-corrected chi connectivity index (χ2v) is 6.48. The number of hydrogen-bond acceptors (Lipinski definition) is 5. The van der Waals surface area contributed by atoms with Crippen LogP contribution in [0.2, 0.25) is 0 Å². The van der Waals surface area contributed by atoms with Crippen molar-refractivity contribution in [3.05, 3.63) is 22.3 Å². The molecule has 1 amide bonds. The summed E-state index contributed by atoms with van der Waals surface area (Å²) in [6, 6.07) is 3.31. The first kappa shape index (κ1) is 13.9. The van der Waals surface area contributed by atoms with E-state index in [4.69, 9.17) is 5.26 Å². The quantitative estimate of drug-likeness (QED) is 0.747. The Kier molecular flexibility index (Phi) is 3.56. The van der Waals surface area contributed by atoms with Crippen LogP contribution in [0, 0.1) is 11.3 Å². The molecule has 0 saturated carbocycles. The largest absolute Gasteiger partial charge is 0.307 e. The first-order valence-corrected chi connectivity index (χ1v) is 7.36. The van der Waals surface area contributed by atoms with Gasteiger partial charge in [-0.1, -0.05) is 0 Å². The molecule has 1 atom stereocenters. The van der Waals surface area contributed by atoms with Crippen molar-refractivity contribution in [1.82, 2.24) is 4.98 Å². The number of aromatic nitrogens is 1. The van der Waals surface area contributed by atoms with Gasteiger partial charge in [-0.05, 0) is 22.0 Å². The first-order valence-electron chi connectivity index (χ1n) is 5.12. The second-order valence-electron chi connectivity index (χ2n) is 3.94. The number of halogens is 2. The minimum Gasteiger partial charge on any atom is -0.294 e. The van der Waals surface area contributed by atoms with Crippen LogP contribution in [0.1, 0.15) is 12.0 Å². The molecule has 1 aliphatic rings. The number of amides is 1. The van der Waals surface area contributed by atoms with E-state index in [1.54, 1.807) is 0 Å². The van der Waals surface area contributed by atoms with Gasteiger partial charge in [0.2, 0.25) is 5.91 Å². The fourth-order valence-electron chi connectivity index (χ4n) is 1.80. The lowest BCUT2D eigenvalue weighted by Gasteiger charge is -2.16. The van der Waals surface area contributed by atoms with E-state index in [-0.39, 0.29) is 17.9 Å². The topological polar surface area (TPSA) is 91.1 Å². The Labute approximate surface area is 117 Å². The molecular formula is C10H7BrFN3O3S. The maximum absolute atomic E-state index is 12.9. The van der Waals surface area contributed by atoms with Crippen molar-refractivity contribution >= 4 is 37.9 Å². The minimum absolute atomic E-state index is 0.0434. The number of hydrogen-bond donors (Lipinski definition) is 0. The number of carbonyl (C=O) groups is 1. The molecule has 0 spiro atoms. The van der Waals surface area contributed by atoms with Gasteiger partial charge >= 0.3 is 10.2 Å². The molecule has 1 fully saturated rings. The van der Waals surface area contributed by atoms with Gasteiger partial charge in [-0.2, -0.15) is 13.7 Å². The van der Waals surface area contributed by atoms with E-state index in [9.17, 15) is 17.1 Å². The van der Waals surface area contributed by atoms with Crippen molar-refractivity contribution in [2.45, 2.75) is 11.7 Å². The van der Waals surface area contributed by atoms with E-state index in [1.807, 2.05) is 6.07 Å². The van der Waals surface area contributed by atoms with E-state index in [0.29, 0.717) is 4.47 Å². The maximum Gasteiger partial charge on any atom is 0.307 e. The molecule has 1 aromatic heterocycles.